The number of hydrogen-bond donors (Lipinski definition) is 3. The predicted molar refractivity (Wildman–Crippen MR) is 76.2 cm³/mol. The molecule has 2 heterocycles. The van der Waals surface area contributed by atoms with Gasteiger partial charge in [-0.25, -0.2) is 12.7 Å². The summed E-state index contributed by atoms with van der Waals surface area (Å²) in [6.45, 7) is 2.12. The van der Waals surface area contributed by atoms with Crippen LogP contribution in [0.2, 0.25) is 0 Å². The number of amides is 1. The lowest BCUT2D eigenvalue weighted by Gasteiger charge is -2.08. The summed E-state index contributed by atoms with van der Waals surface area (Å²) in [6, 6.07) is 3.12. The van der Waals surface area contributed by atoms with Crippen molar-refractivity contribution in [2.75, 3.05) is 14.1 Å². The van der Waals surface area contributed by atoms with Crippen LogP contribution in [0.5, 0.6) is 0 Å². The third kappa shape index (κ3) is 3.31. The van der Waals surface area contributed by atoms with E-state index in [2.05, 4.69) is 20.5 Å². The second kappa shape index (κ2) is 5.70. The Hall–Kier alpha value is -2.13. The molecule has 1 amide bonds. The van der Waals surface area contributed by atoms with Crippen LogP contribution in [0.4, 0.5) is 0 Å². The van der Waals surface area contributed by atoms with Crippen LogP contribution < -0.4 is 5.32 Å². The van der Waals surface area contributed by atoms with Crippen molar-refractivity contribution in [2.24, 2.45) is 0 Å². The molecule has 3 N–H and O–H groups in total. The van der Waals surface area contributed by atoms with Crippen LogP contribution in [0.1, 0.15) is 21.9 Å². The van der Waals surface area contributed by atoms with E-state index in [-0.39, 0.29) is 17.1 Å². The van der Waals surface area contributed by atoms with Crippen LogP contribution in [0.15, 0.2) is 23.2 Å². The molecule has 0 fully saturated rings. The number of aromatic nitrogens is 3. The minimum absolute atomic E-state index is 0.0493. The number of sulfonamides is 1. The van der Waals surface area contributed by atoms with Gasteiger partial charge in [0, 0.05) is 26.0 Å². The van der Waals surface area contributed by atoms with Gasteiger partial charge in [0.25, 0.3) is 5.91 Å². The van der Waals surface area contributed by atoms with Crippen molar-refractivity contribution in [1.29, 1.82) is 0 Å². The number of H-pyrrole nitrogens is 2. The van der Waals surface area contributed by atoms with E-state index in [1.54, 1.807) is 0 Å². The minimum atomic E-state index is -3.55. The molecule has 2 aromatic heterocycles. The molecule has 114 valence electrons. The normalized spacial score (nSPS) is 11.8. The van der Waals surface area contributed by atoms with Gasteiger partial charge in [-0.05, 0) is 19.1 Å². The Bertz CT molecular complexity index is 745. The Morgan fingerprint density at radius 1 is 1.38 bits per heavy atom. The fraction of sp³-hybridized carbons (Fsp3) is 0.333. The summed E-state index contributed by atoms with van der Waals surface area (Å²) in [5.74, 6) is -0.393. The molecule has 2 rings (SSSR count). The first-order chi connectivity index (χ1) is 9.80. The number of rotatable bonds is 5. The highest BCUT2D eigenvalue weighted by Crippen LogP contribution is 2.14. The van der Waals surface area contributed by atoms with Gasteiger partial charge in [-0.1, -0.05) is 0 Å². The first kappa shape index (κ1) is 15.3. The zero-order valence-corrected chi connectivity index (χ0v) is 12.8. The number of nitrogens with one attached hydrogen (secondary N) is 3. The molecule has 21 heavy (non-hydrogen) atoms. The molecule has 0 aliphatic carbocycles. The lowest BCUT2D eigenvalue weighted by atomic mass is 10.3. The fourth-order valence-electron chi connectivity index (χ4n) is 1.70. The Balaban J connectivity index is 2.06. The first-order valence-electron chi connectivity index (χ1n) is 6.20. The summed E-state index contributed by atoms with van der Waals surface area (Å²) in [6.07, 6.45) is 1.29. The van der Waals surface area contributed by atoms with E-state index in [4.69, 9.17) is 0 Å². The largest absolute Gasteiger partial charge is 0.356 e. The molecule has 0 saturated heterocycles. The van der Waals surface area contributed by atoms with E-state index in [0.717, 1.165) is 10.00 Å². The molecule has 0 aliphatic heterocycles. The van der Waals surface area contributed by atoms with Gasteiger partial charge in [-0.3, -0.25) is 9.89 Å². The minimum Gasteiger partial charge on any atom is -0.356 e. The van der Waals surface area contributed by atoms with Crippen molar-refractivity contribution < 1.29 is 13.2 Å². The van der Waals surface area contributed by atoms with Crippen molar-refractivity contribution in [3.8, 4) is 0 Å². The Morgan fingerprint density at radius 3 is 2.67 bits per heavy atom. The topological polar surface area (TPSA) is 111 Å². The third-order valence-corrected chi connectivity index (χ3v) is 4.66. The number of aryl methyl sites for hydroxylation is 1. The van der Waals surface area contributed by atoms with Crippen LogP contribution >= 0.6 is 0 Å². The van der Waals surface area contributed by atoms with E-state index in [0.29, 0.717) is 5.69 Å². The average Bonchev–Trinajstić information content (AvgIpc) is 3.04. The molecule has 0 unspecified atom stereocenters. The van der Waals surface area contributed by atoms with Gasteiger partial charge < -0.3 is 10.3 Å². The molecular formula is C12H17N5O3S. The van der Waals surface area contributed by atoms with Crippen molar-refractivity contribution in [3.05, 3.63) is 35.4 Å². The molecular weight excluding hydrogens is 294 g/mol. The van der Waals surface area contributed by atoms with Gasteiger partial charge >= 0.3 is 0 Å². The Morgan fingerprint density at radius 2 is 2.10 bits per heavy atom. The maximum Gasteiger partial charge on any atom is 0.268 e. The molecule has 0 aliphatic rings. The second-order valence-electron chi connectivity index (χ2n) is 4.76. The molecule has 0 aromatic carbocycles. The lowest BCUT2D eigenvalue weighted by molar-refractivity contribution is 0.0946. The molecule has 9 heteroatoms. The maximum absolute atomic E-state index is 11.9. The summed E-state index contributed by atoms with van der Waals surface area (Å²) < 4.78 is 24.9. The van der Waals surface area contributed by atoms with Crippen LogP contribution in [0.3, 0.4) is 0 Å². The highest BCUT2D eigenvalue weighted by atomic mass is 32.2. The van der Waals surface area contributed by atoms with E-state index in [9.17, 15) is 13.2 Å². The molecule has 0 saturated carbocycles. The number of carbonyl (C=O) groups is 1. The average molecular weight is 311 g/mol. The predicted octanol–water partition coefficient (Wildman–Crippen LogP) is 0.227. The number of aromatic amines is 2. The van der Waals surface area contributed by atoms with Gasteiger partial charge in [-0.2, -0.15) is 5.10 Å². The Kier molecular flexibility index (Phi) is 4.14. The summed E-state index contributed by atoms with van der Waals surface area (Å²) in [7, 11) is -0.684. The molecule has 0 atom stereocenters. The zero-order valence-electron chi connectivity index (χ0n) is 12.0. The smallest absolute Gasteiger partial charge is 0.268 e. The number of nitrogens with zero attached hydrogens (tertiary/aromatic N) is 2. The van der Waals surface area contributed by atoms with Gasteiger partial charge in [0.2, 0.25) is 10.0 Å². The summed E-state index contributed by atoms with van der Waals surface area (Å²) in [4.78, 5) is 14.7. The zero-order chi connectivity index (χ0) is 15.6. The second-order valence-corrected chi connectivity index (χ2v) is 6.91. The van der Waals surface area contributed by atoms with Crippen molar-refractivity contribution in [1.82, 2.24) is 24.8 Å². The monoisotopic (exact) mass is 311 g/mol. The van der Waals surface area contributed by atoms with Gasteiger partial charge in [0.15, 0.2) is 0 Å². The highest BCUT2D eigenvalue weighted by molar-refractivity contribution is 7.89. The van der Waals surface area contributed by atoms with Crippen LogP contribution in [0, 0.1) is 6.92 Å². The first-order valence-corrected chi connectivity index (χ1v) is 7.65. The third-order valence-electron chi connectivity index (χ3n) is 2.87. The van der Waals surface area contributed by atoms with Gasteiger partial charge in [-0.15, -0.1) is 0 Å². The van der Waals surface area contributed by atoms with Gasteiger partial charge in [0.05, 0.1) is 12.2 Å². The molecule has 0 radical (unpaired) electrons. The molecule has 0 bridgehead atoms. The van der Waals surface area contributed by atoms with Crippen LogP contribution in [-0.2, 0) is 16.6 Å². The summed E-state index contributed by atoms with van der Waals surface area (Å²) in [5.41, 5.74) is 1.79. The molecule has 2 aromatic rings. The molecule has 8 nitrogen and oxygen atoms in total. The van der Waals surface area contributed by atoms with Crippen molar-refractivity contribution in [3.63, 3.8) is 0 Å². The van der Waals surface area contributed by atoms with Crippen LogP contribution in [-0.4, -0.2) is 47.9 Å². The quantitative estimate of drug-likeness (QED) is 0.733. The maximum atomic E-state index is 11.9. The molecule has 0 spiro atoms. The van der Waals surface area contributed by atoms with Gasteiger partial charge in [0.1, 0.15) is 10.6 Å². The van der Waals surface area contributed by atoms with Crippen LogP contribution in [0.25, 0.3) is 0 Å². The van der Waals surface area contributed by atoms with E-state index >= 15 is 0 Å². The van der Waals surface area contributed by atoms with Crippen molar-refractivity contribution in [2.45, 2.75) is 18.4 Å². The number of carbonyl (C=O) groups excluding carboxylic acids is 1. The number of hydrogen-bond acceptors (Lipinski definition) is 4. The standard InChI is InChI=1S/C12H17N5O3S/c1-8-4-9(16-15-8)6-14-12(18)11-5-10(7-13-11)21(19,20)17(2)3/h4-5,7,13H,6H2,1-3H3,(H,14,18)(H,15,16). The summed E-state index contributed by atoms with van der Waals surface area (Å²) >= 11 is 0. The SMILES string of the molecule is Cc1cc(CNC(=O)c2cc(S(=O)(=O)N(C)C)c[nH]2)n[nH]1. The van der Waals surface area contributed by atoms with E-state index in [1.807, 2.05) is 13.0 Å². The van der Waals surface area contributed by atoms with Crippen molar-refractivity contribution >= 4 is 15.9 Å². The van der Waals surface area contributed by atoms with E-state index < -0.39 is 15.9 Å². The highest BCUT2D eigenvalue weighted by Gasteiger charge is 2.20. The lowest BCUT2D eigenvalue weighted by Crippen LogP contribution is -2.23. The Labute approximate surface area is 122 Å². The van der Waals surface area contributed by atoms with E-state index in [1.165, 1.54) is 26.4 Å². The summed E-state index contributed by atoms with van der Waals surface area (Å²) in [5, 5.41) is 9.43. The fourth-order valence-corrected chi connectivity index (χ4v) is 2.59.